The fourth-order valence-electron chi connectivity index (χ4n) is 8.27. The number of halogens is 2. The summed E-state index contributed by atoms with van der Waals surface area (Å²) in [6, 6.07) is 0. The predicted octanol–water partition coefficient (Wildman–Crippen LogP) is 3.82. The van der Waals surface area contributed by atoms with E-state index in [1.807, 2.05) is 0 Å². The molecular weight excluding hydrogens is 518 g/mol. The van der Waals surface area contributed by atoms with Crippen molar-refractivity contribution in [2.24, 2.45) is 28.6 Å². The summed E-state index contributed by atoms with van der Waals surface area (Å²) in [6.07, 6.45) is 0.586. The molecule has 4 aliphatic carbocycles. The van der Waals surface area contributed by atoms with Gasteiger partial charge in [0.2, 0.25) is 5.12 Å². The van der Waals surface area contributed by atoms with Gasteiger partial charge in [0.1, 0.15) is 11.4 Å². The number of carbonyl (C=O) groups is 4. The van der Waals surface area contributed by atoms with Gasteiger partial charge in [-0.15, -0.1) is 0 Å². The lowest BCUT2D eigenvalue weighted by atomic mass is 9.44. The third-order valence-corrected chi connectivity index (χ3v) is 11.4. The van der Waals surface area contributed by atoms with Crippen molar-refractivity contribution in [2.45, 2.75) is 88.6 Å². The summed E-state index contributed by atoms with van der Waals surface area (Å²) < 4.78 is 44.2. The Kier molecular flexibility index (Phi) is 6.50. The Bertz CT molecular complexity index is 1150. The molecule has 4 fully saturated rings. The average molecular weight is 553 g/mol. The molecule has 0 unspecified atom stereocenters. The Morgan fingerprint density at radius 3 is 2.58 bits per heavy atom. The molecule has 10 heteroatoms. The van der Waals surface area contributed by atoms with Crippen LogP contribution in [0.2, 0.25) is 0 Å². The van der Waals surface area contributed by atoms with Crippen molar-refractivity contribution in [1.82, 2.24) is 0 Å². The smallest absolute Gasteiger partial charge is 0.319 e. The van der Waals surface area contributed by atoms with Crippen LogP contribution < -0.4 is 0 Å². The number of ketones is 1. The third-order valence-electron chi connectivity index (χ3n) is 10.2. The second-order valence-corrected chi connectivity index (χ2v) is 13.1. The zero-order valence-electron chi connectivity index (χ0n) is 22.0. The van der Waals surface area contributed by atoms with Gasteiger partial charge in [-0.1, -0.05) is 38.6 Å². The van der Waals surface area contributed by atoms with E-state index < -0.39 is 80.2 Å². The molecule has 38 heavy (non-hydrogen) atoms. The third kappa shape index (κ3) is 3.41. The quantitative estimate of drug-likeness (QED) is 0.525. The minimum atomic E-state index is -2.31. The summed E-state index contributed by atoms with van der Waals surface area (Å²) >= 11 is 0.772. The van der Waals surface area contributed by atoms with Gasteiger partial charge in [-0.3, -0.25) is 19.2 Å². The molecule has 0 amide bonds. The molecule has 10 atom stereocenters. The van der Waals surface area contributed by atoms with Crippen LogP contribution in [0, 0.1) is 28.6 Å². The number of aliphatic hydroxyl groups excluding tert-OH is 1. The summed E-state index contributed by atoms with van der Waals surface area (Å²) in [4.78, 5) is 51.1. The van der Waals surface area contributed by atoms with Crippen LogP contribution in [-0.2, 0) is 28.7 Å². The first-order valence-electron chi connectivity index (χ1n) is 13.3. The summed E-state index contributed by atoms with van der Waals surface area (Å²) in [5.41, 5.74) is -6.81. The fourth-order valence-corrected chi connectivity index (χ4v) is 9.56. The molecule has 5 aliphatic rings. The molecule has 1 heterocycles. The van der Waals surface area contributed by atoms with E-state index in [4.69, 9.17) is 9.47 Å². The van der Waals surface area contributed by atoms with Gasteiger partial charge in [-0.05, 0) is 49.8 Å². The summed E-state index contributed by atoms with van der Waals surface area (Å²) in [7, 11) is 0. The normalized spacial score (nSPS) is 47.5. The fraction of sp³-hybridized carbons (Fsp3) is 0.714. The van der Waals surface area contributed by atoms with Gasteiger partial charge in [0.05, 0.1) is 12.7 Å². The molecule has 3 saturated carbocycles. The lowest BCUT2D eigenvalue weighted by Crippen LogP contribution is -2.70. The van der Waals surface area contributed by atoms with E-state index >= 15 is 8.78 Å². The number of rotatable bonds is 4. The van der Waals surface area contributed by atoms with Crippen LogP contribution in [0.4, 0.5) is 8.78 Å². The second kappa shape index (κ2) is 8.98. The number of cyclic esters (lactones) is 1. The number of ether oxygens (including phenoxy) is 2. The summed E-state index contributed by atoms with van der Waals surface area (Å²) in [5.74, 6) is -3.76. The Morgan fingerprint density at radius 2 is 1.95 bits per heavy atom. The first kappa shape index (κ1) is 27.5. The first-order chi connectivity index (χ1) is 17.8. The van der Waals surface area contributed by atoms with Crippen molar-refractivity contribution in [3.05, 3.63) is 23.8 Å². The van der Waals surface area contributed by atoms with Crippen LogP contribution >= 0.6 is 11.8 Å². The monoisotopic (exact) mass is 552 g/mol. The Morgan fingerprint density at radius 1 is 1.24 bits per heavy atom. The van der Waals surface area contributed by atoms with Crippen molar-refractivity contribution < 1.29 is 42.5 Å². The largest absolute Gasteiger partial charge is 0.465 e. The Labute approximate surface area is 224 Å². The molecule has 5 rings (SSSR count). The van der Waals surface area contributed by atoms with Gasteiger partial charge in [0.25, 0.3) is 0 Å². The van der Waals surface area contributed by atoms with Crippen molar-refractivity contribution in [1.29, 1.82) is 0 Å². The first-order valence-corrected chi connectivity index (χ1v) is 14.2. The number of aliphatic hydroxyl groups is 1. The maximum Gasteiger partial charge on any atom is 0.319 e. The van der Waals surface area contributed by atoms with E-state index in [2.05, 4.69) is 0 Å². The summed E-state index contributed by atoms with van der Waals surface area (Å²) in [5, 5.41) is 10.3. The molecule has 1 aliphatic heterocycles. The molecule has 0 aromatic rings. The standard InChI is InChI=1S/C28H34F2O7S/c1-5-22(33)37-28(24(35)38-20-7-9-36-23(20)34)14(2)10-16-17-12-19(29)18-11-15(31)6-8-25(18,3)27(17,30)21(32)13-26(16,28)4/h6,8,11,14,16-17,19-21,32H,5,7,9-10,12-13H2,1-4H3/t14-,16+,17+,19+,20+,21-,25+,26+,27+,28+/m1/s1. The number of esters is 2. The molecule has 0 aromatic heterocycles. The summed E-state index contributed by atoms with van der Waals surface area (Å²) in [6.45, 7) is 6.78. The maximum atomic E-state index is 17.4. The molecule has 208 valence electrons. The lowest BCUT2D eigenvalue weighted by molar-refractivity contribution is -0.228. The van der Waals surface area contributed by atoms with Crippen LogP contribution in [0.3, 0.4) is 0 Å². The molecule has 1 saturated heterocycles. The molecule has 0 spiro atoms. The van der Waals surface area contributed by atoms with Gasteiger partial charge in [-0.2, -0.15) is 0 Å². The van der Waals surface area contributed by atoms with E-state index in [9.17, 15) is 24.3 Å². The Hall–Kier alpha value is -2.07. The van der Waals surface area contributed by atoms with E-state index in [0.29, 0.717) is 6.42 Å². The number of hydrogen-bond donors (Lipinski definition) is 1. The highest BCUT2D eigenvalue weighted by Gasteiger charge is 2.78. The topological polar surface area (TPSA) is 107 Å². The molecule has 1 N–H and O–H groups in total. The Balaban J connectivity index is 1.61. The number of carbonyl (C=O) groups excluding carboxylic acids is 4. The zero-order valence-corrected chi connectivity index (χ0v) is 22.8. The number of hydrogen-bond acceptors (Lipinski definition) is 8. The van der Waals surface area contributed by atoms with Crippen LogP contribution in [-0.4, -0.2) is 63.3 Å². The van der Waals surface area contributed by atoms with Crippen LogP contribution in [0.15, 0.2) is 23.8 Å². The van der Waals surface area contributed by atoms with E-state index in [1.165, 1.54) is 19.1 Å². The number of alkyl halides is 2. The van der Waals surface area contributed by atoms with Crippen LogP contribution in [0.1, 0.15) is 59.8 Å². The van der Waals surface area contributed by atoms with Gasteiger partial charge in [-0.25, -0.2) is 8.78 Å². The molecule has 0 radical (unpaired) electrons. The predicted molar refractivity (Wildman–Crippen MR) is 134 cm³/mol. The van der Waals surface area contributed by atoms with E-state index in [1.54, 1.807) is 20.8 Å². The zero-order chi connectivity index (χ0) is 27.8. The minimum absolute atomic E-state index is 0.00469. The molecule has 7 nitrogen and oxygen atoms in total. The highest BCUT2D eigenvalue weighted by Crippen LogP contribution is 2.72. The number of fused-ring (bicyclic) bond motifs is 5. The van der Waals surface area contributed by atoms with Crippen molar-refractivity contribution >= 4 is 34.6 Å². The maximum absolute atomic E-state index is 17.4. The van der Waals surface area contributed by atoms with Gasteiger partial charge in [0.15, 0.2) is 17.1 Å². The van der Waals surface area contributed by atoms with Gasteiger partial charge in [0, 0.05) is 35.5 Å². The van der Waals surface area contributed by atoms with Crippen LogP contribution in [0.5, 0.6) is 0 Å². The van der Waals surface area contributed by atoms with E-state index in [0.717, 1.165) is 17.8 Å². The van der Waals surface area contributed by atoms with Gasteiger partial charge < -0.3 is 14.6 Å². The molecule has 0 aromatic carbocycles. The molecule has 0 bridgehead atoms. The van der Waals surface area contributed by atoms with Gasteiger partial charge >= 0.3 is 11.9 Å². The highest BCUT2D eigenvalue weighted by molar-refractivity contribution is 8.14. The SMILES string of the molecule is CCC(=O)O[C@]1(C(=O)S[C@H]2CCOC2=O)[C@H](C)C[C@H]2[C@@H]3C[C@H](F)C4=CC(=O)C=C[C@]4(C)[C@@]3(F)[C@H](O)C[C@@]21C. The highest BCUT2D eigenvalue weighted by atomic mass is 32.2. The lowest BCUT2D eigenvalue weighted by Gasteiger charge is -2.63. The minimum Gasteiger partial charge on any atom is -0.465 e. The van der Waals surface area contributed by atoms with Crippen molar-refractivity contribution in [3.8, 4) is 0 Å². The second-order valence-electron chi connectivity index (χ2n) is 11.9. The van der Waals surface area contributed by atoms with E-state index in [-0.39, 0.29) is 37.9 Å². The molecular formula is C28H34F2O7S. The number of thioether (sulfide) groups is 1. The average Bonchev–Trinajstić information content (AvgIpc) is 3.35. The number of allylic oxidation sites excluding steroid dienone is 4. The van der Waals surface area contributed by atoms with Crippen molar-refractivity contribution in [3.63, 3.8) is 0 Å². The van der Waals surface area contributed by atoms with Crippen molar-refractivity contribution in [2.75, 3.05) is 6.61 Å². The van der Waals surface area contributed by atoms with Crippen LogP contribution in [0.25, 0.3) is 0 Å².